The number of rotatable bonds is 4. The molecule has 1 aromatic carbocycles. The number of hydrogen-bond donors (Lipinski definition) is 1. The van der Waals surface area contributed by atoms with Crippen molar-refractivity contribution in [1.29, 1.82) is 5.26 Å². The summed E-state index contributed by atoms with van der Waals surface area (Å²) in [6.07, 6.45) is 6.53. The number of nitrogens with two attached hydrogens (primary N) is 1. The lowest BCUT2D eigenvalue weighted by molar-refractivity contribution is 0.342. The summed E-state index contributed by atoms with van der Waals surface area (Å²) in [5.74, 6) is 0.832. The predicted octanol–water partition coefficient (Wildman–Crippen LogP) is 3.92. The van der Waals surface area contributed by atoms with Crippen LogP contribution >= 0.6 is 0 Å². The summed E-state index contributed by atoms with van der Waals surface area (Å²) in [7, 11) is 0. The Morgan fingerprint density at radius 1 is 1.07 bits per heavy atom. The molecule has 2 aromatic heterocycles. The number of nitrogen functional groups attached to an aromatic ring is 1. The summed E-state index contributed by atoms with van der Waals surface area (Å²) < 4.78 is 20.0. The summed E-state index contributed by atoms with van der Waals surface area (Å²) in [4.78, 5) is 12.3. The SMILES string of the molecule is N#Cc1ncccc1Oc1ccc(C2CC(c3cnc(N)cn3)C2)cc1F. The van der Waals surface area contributed by atoms with Crippen molar-refractivity contribution in [2.45, 2.75) is 24.7 Å². The van der Waals surface area contributed by atoms with E-state index in [9.17, 15) is 4.39 Å². The molecule has 2 N–H and O–H groups in total. The van der Waals surface area contributed by atoms with Crippen LogP contribution in [-0.2, 0) is 0 Å². The molecule has 134 valence electrons. The van der Waals surface area contributed by atoms with Crippen LogP contribution < -0.4 is 10.5 Å². The monoisotopic (exact) mass is 361 g/mol. The fourth-order valence-electron chi connectivity index (χ4n) is 3.22. The Hall–Kier alpha value is -3.53. The molecule has 6 nitrogen and oxygen atoms in total. The van der Waals surface area contributed by atoms with E-state index in [-0.39, 0.29) is 23.1 Å². The normalized spacial score (nSPS) is 18.4. The number of ether oxygens (including phenoxy) is 1. The number of nitriles is 1. The van der Waals surface area contributed by atoms with Gasteiger partial charge in [-0.3, -0.25) is 4.98 Å². The molecule has 3 aromatic rings. The molecule has 4 rings (SSSR count). The molecular weight excluding hydrogens is 345 g/mol. The first kappa shape index (κ1) is 16.9. The number of halogens is 1. The highest BCUT2D eigenvalue weighted by Crippen LogP contribution is 2.47. The Kier molecular flexibility index (Phi) is 4.38. The van der Waals surface area contributed by atoms with E-state index in [0.717, 1.165) is 24.1 Å². The molecule has 7 heteroatoms. The molecule has 0 atom stereocenters. The summed E-state index contributed by atoms with van der Waals surface area (Å²) in [6, 6.07) is 10.1. The van der Waals surface area contributed by atoms with Crippen molar-refractivity contribution in [1.82, 2.24) is 15.0 Å². The molecular formula is C20H16FN5O. The van der Waals surface area contributed by atoms with E-state index in [1.54, 1.807) is 30.6 Å². The number of benzene rings is 1. The molecule has 1 aliphatic rings. The average Bonchev–Trinajstić information content (AvgIpc) is 2.64. The van der Waals surface area contributed by atoms with E-state index in [4.69, 9.17) is 15.7 Å². The minimum atomic E-state index is -0.462. The van der Waals surface area contributed by atoms with Crippen LogP contribution in [0.25, 0.3) is 0 Å². The minimum Gasteiger partial charge on any atom is -0.451 e. The lowest BCUT2D eigenvalue weighted by atomic mass is 9.70. The Bertz CT molecular complexity index is 1010. The van der Waals surface area contributed by atoms with Crippen LogP contribution in [0.1, 0.15) is 41.6 Å². The highest BCUT2D eigenvalue weighted by atomic mass is 19.1. The Morgan fingerprint density at radius 2 is 1.93 bits per heavy atom. The first-order valence-electron chi connectivity index (χ1n) is 8.54. The van der Waals surface area contributed by atoms with E-state index in [1.165, 1.54) is 12.3 Å². The molecule has 0 aliphatic heterocycles. The third-order valence-corrected chi connectivity index (χ3v) is 4.77. The van der Waals surface area contributed by atoms with E-state index in [0.29, 0.717) is 11.7 Å². The smallest absolute Gasteiger partial charge is 0.183 e. The van der Waals surface area contributed by atoms with Gasteiger partial charge in [0.05, 0.1) is 18.1 Å². The quantitative estimate of drug-likeness (QED) is 0.756. The minimum absolute atomic E-state index is 0.0727. The molecule has 0 radical (unpaired) electrons. The van der Waals surface area contributed by atoms with E-state index >= 15 is 0 Å². The molecule has 27 heavy (non-hydrogen) atoms. The Morgan fingerprint density at radius 3 is 2.63 bits per heavy atom. The van der Waals surface area contributed by atoms with Crippen molar-refractivity contribution < 1.29 is 9.13 Å². The fraction of sp³-hybridized carbons (Fsp3) is 0.200. The van der Waals surface area contributed by atoms with Gasteiger partial charge in [-0.1, -0.05) is 6.07 Å². The van der Waals surface area contributed by atoms with Gasteiger partial charge in [0, 0.05) is 12.1 Å². The molecule has 0 saturated heterocycles. The molecule has 1 aliphatic carbocycles. The van der Waals surface area contributed by atoms with Gasteiger partial charge in [0.2, 0.25) is 0 Å². The van der Waals surface area contributed by atoms with Gasteiger partial charge in [0.25, 0.3) is 0 Å². The number of nitrogens with zero attached hydrogens (tertiary/aromatic N) is 4. The van der Waals surface area contributed by atoms with Gasteiger partial charge in [0.1, 0.15) is 11.9 Å². The van der Waals surface area contributed by atoms with Crippen molar-refractivity contribution in [3.63, 3.8) is 0 Å². The molecule has 1 fully saturated rings. The third kappa shape index (κ3) is 3.42. The van der Waals surface area contributed by atoms with Crippen LogP contribution in [0.5, 0.6) is 11.5 Å². The maximum atomic E-state index is 14.5. The zero-order valence-electron chi connectivity index (χ0n) is 14.3. The molecule has 0 spiro atoms. The second kappa shape index (κ2) is 7.00. The molecule has 0 bridgehead atoms. The highest BCUT2D eigenvalue weighted by Gasteiger charge is 2.33. The van der Waals surface area contributed by atoms with Crippen molar-refractivity contribution in [2.75, 3.05) is 5.73 Å². The van der Waals surface area contributed by atoms with Crippen LogP contribution in [0.15, 0.2) is 48.9 Å². The van der Waals surface area contributed by atoms with Crippen molar-refractivity contribution >= 4 is 5.82 Å². The van der Waals surface area contributed by atoms with Gasteiger partial charge >= 0.3 is 0 Å². The summed E-state index contributed by atoms with van der Waals surface area (Å²) in [6.45, 7) is 0. The first-order valence-corrected chi connectivity index (χ1v) is 8.54. The van der Waals surface area contributed by atoms with Gasteiger partial charge in [0.15, 0.2) is 23.0 Å². The summed E-state index contributed by atoms with van der Waals surface area (Å²) >= 11 is 0. The van der Waals surface area contributed by atoms with Gasteiger partial charge in [-0.15, -0.1) is 0 Å². The maximum Gasteiger partial charge on any atom is 0.183 e. The van der Waals surface area contributed by atoms with Crippen LogP contribution in [-0.4, -0.2) is 15.0 Å². The standard InChI is InChI=1S/C20H16FN5O/c21-15-8-12(13-6-14(7-13)17-10-26-20(23)11-25-17)3-4-18(15)27-19-2-1-5-24-16(19)9-22/h1-5,8,10-11,13-14H,6-7H2,(H2,23,26). The van der Waals surface area contributed by atoms with Crippen molar-refractivity contribution in [2.24, 2.45) is 0 Å². The van der Waals surface area contributed by atoms with E-state index < -0.39 is 5.82 Å². The number of aromatic nitrogens is 3. The Balaban J connectivity index is 1.45. The lowest BCUT2D eigenvalue weighted by Crippen LogP contribution is -2.21. The highest BCUT2D eigenvalue weighted by molar-refractivity contribution is 5.42. The first-order chi connectivity index (χ1) is 13.1. The zero-order valence-corrected chi connectivity index (χ0v) is 14.3. The van der Waals surface area contributed by atoms with Gasteiger partial charge < -0.3 is 10.5 Å². The Labute approximate surface area is 155 Å². The van der Waals surface area contributed by atoms with Crippen molar-refractivity contribution in [3.8, 4) is 17.6 Å². The van der Waals surface area contributed by atoms with Gasteiger partial charge in [-0.2, -0.15) is 5.26 Å². The third-order valence-electron chi connectivity index (χ3n) is 4.77. The average molecular weight is 361 g/mol. The van der Waals surface area contributed by atoms with Crippen LogP contribution in [0.3, 0.4) is 0 Å². The molecule has 1 saturated carbocycles. The maximum absolute atomic E-state index is 14.5. The number of anilines is 1. The zero-order chi connectivity index (χ0) is 18.8. The molecule has 0 amide bonds. The van der Waals surface area contributed by atoms with Crippen LogP contribution in [0.2, 0.25) is 0 Å². The number of hydrogen-bond acceptors (Lipinski definition) is 6. The van der Waals surface area contributed by atoms with Gasteiger partial charge in [-0.25, -0.2) is 14.4 Å². The largest absolute Gasteiger partial charge is 0.451 e. The second-order valence-electron chi connectivity index (χ2n) is 6.49. The van der Waals surface area contributed by atoms with E-state index in [2.05, 4.69) is 15.0 Å². The predicted molar refractivity (Wildman–Crippen MR) is 96.6 cm³/mol. The molecule has 0 unspecified atom stereocenters. The van der Waals surface area contributed by atoms with Gasteiger partial charge in [-0.05, 0) is 48.6 Å². The van der Waals surface area contributed by atoms with E-state index in [1.807, 2.05) is 12.1 Å². The lowest BCUT2D eigenvalue weighted by Gasteiger charge is -2.35. The summed E-state index contributed by atoms with van der Waals surface area (Å²) in [5.41, 5.74) is 7.52. The fourth-order valence-corrected chi connectivity index (χ4v) is 3.22. The summed E-state index contributed by atoms with van der Waals surface area (Å²) in [5, 5.41) is 9.05. The molecule has 2 heterocycles. The van der Waals surface area contributed by atoms with Crippen LogP contribution in [0.4, 0.5) is 10.2 Å². The topological polar surface area (TPSA) is 97.7 Å². The number of pyridine rings is 1. The second-order valence-corrected chi connectivity index (χ2v) is 6.49. The van der Waals surface area contributed by atoms with Crippen molar-refractivity contribution in [3.05, 3.63) is 71.7 Å². The van der Waals surface area contributed by atoms with Crippen LogP contribution in [0, 0.1) is 17.1 Å².